The molecule has 11 heteroatoms. The molecule has 1 saturated carbocycles. The monoisotopic (exact) mass is 1240 g/mol. The van der Waals surface area contributed by atoms with Crippen molar-refractivity contribution in [2.24, 2.45) is 5.41 Å². The molecule has 1 aliphatic rings. The Balaban J connectivity index is 0.000000286. The number of hydrogen-bond donors (Lipinski definition) is 0. The standard InChI is InChI=1S/C51H43F6N2O.C16H18N.Ir/c1-30(2)40-28-37(34-19-17-33(18-20-34)35-23-25-49(26-24-35,50(52,53)54)51(55,56)57)29-41(31(3)4)46(40)59-44-16-9-8-15-43(44)58-48(59)39-14-10-13-38-42-27-36(32-11-6-5-7-12-32)21-22-45(42)60-47(38)39;1-4-5-15-10-16(17-11-13(15)3)14-8-6-12(2)7-9-14;/h5-13,15-22,27-31,35H,23-26H2,1-4H3;6-8,10-11H,4-5H2,1-3H3;/q2*-1;/i;2D3,3D3,5D2;. The second-order valence-corrected chi connectivity index (χ2v) is 20.5. The number of pyridine rings is 1. The molecular weight excluding hydrogens is 1170 g/mol. The molecule has 1 radical (unpaired) electrons. The van der Waals surface area contributed by atoms with Crippen LogP contribution >= 0.6 is 0 Å². The van der Waals surface area contributed by atoms with Crippen LogP contribution < -0.4 is 0 Å². The van der Waals surface area contributed by atoms with Crippen molar-refractivity contribution in [1.82, 2.24) is 14.5 Å². The van der Waals surface area contributed by atoms with E-state index in [0.717, 1.165) is 83.8 Å². The average Bonchev–Trinajstić information content (AvgIpc) is 1.50. The van der Waals surface area contributed by atoms with Gasteiger partial charge in [0.25, 0.3) is 0 Å². The summed E-state index contributed by atoms with van der Waals surface area (Å²) in [7, 11) is 0. The fourth-order valence-corrected chi connectivity index (χ4v) is 10.8. The van der Waals surface area contributed by atoms with Crippen LogP contribution in [0.25, 0.3) is 83.6 Å². The summed E-state index contributed by atoms with van der Waals surface area (Å²) in [4.78, 5) is 9.38. The van der Waals surface area contributed by atoms with E-state index in [1.807, 2.05) is 78.9 Å². The number of fused-ring (bicyclic) bond motifs is 4. The summed E-state index contributed by atoms with van der Waals surface area (Å²) in [6, 6.07) is 52.6. The van der Waals surface area contributed by atoms with Crippen molar-refractivity contribution < 1.29 is 61.8 Å². The molecule has 0 saturated heterocycles. The number of aryl methyl sites for hydroxylation is 3. The summed E-state index contributed by atoms with van der Waals surface area (Å²) in [6.45, 7) is 5.58. The Morgan fingerprint density at radius 2 is 1.40 bits per heavy atom. The fraction of sp³-hybridized carbons (Fsp3) is 0.284. The second-order valence-electron chi connectivity index (χ2n) is 20.5. The molecule has 1 aliphatic carbocycles. The van der Waals surface area contributed by atoms with Gasteiger partial charge in [-0.15, -0.1) is 53.6 Å². The number of rotatable bonds is 10. The van der Waals surface area contributed by atoms with Crippen molar-refractivity contribution in [1.29, 1.82) is 0 Å². The number of benzene rings is 7. The number of hydrogen-bond acceptors (Lipinski definition) is 3. The predicted octanol–water partition coefficient (Wildman–Crippen LogP) is 19.9. The maximum Gasteiger partial charge on any atom is 0.403 e. The topological polar surface area (TPSA) is 43.9 Å². The van der Waals surface area contributed by atoms with Crippen molar-refractivity contribution in [2.45, 2.75) is 117 Å². The minimum Gasteiger partial charge on any atom is -0.501 e. The van der Waals surface area contributed by atoms with E-state index in [1.54, 1.807) is 6.92 Å². The zero-order chi connectivity index (χ0) is 61.2. The zero-order valence-corrected chi connectivity index (χ0v) is 45.9. The molecule has 78 heavy (non-hydrogen) atoms. The molecule has 0 aliphatic heterocycles. The van der Waals surface area contributed by atoms with Gasteiger partial charge in [0, 0.05) is 48.3 Å². The SMILES string of the molecule is CC(C)c1cc(-c2ccc(C3CCC(C(F)(F)F)(C(F)(F)F)CC3)cc2)cc(C(C)C)c1-n1c(-c2[c-]ccc3c2oc2ccc(-c4ccccc4)cc23)nc2ccccc21.[2H]C([2H])([2H])c1c[c-]c(-c2cc(C([2H])([2H])CC)c(C([2H])([2H])[2H])cn2)cc1.[Ir]. The van der Waals surface area contributed by atoms with Crippen LogP contribution in [0.2, 0.25) is 0 Å². The largest absolute Gasteiger partial charge is 0.501 e. The molecule has 0 atom stereocenters. The third-order valence-electron chi connectivity index (χ3n) is 15.0. The summed E-state index contributed by atoms with van der Waals surface area (Å²) < 4.78 is 153. The second kappa shape index (κ2) is 22.5. The van der Waals surface area contributed by atoms with Crippen molar-refractivity contribution >= 4 is 33.0 Å². The molecule has 3 aromatic heterocycles. The van der Waals surface area contributed by atoms with Gasteiger partial charge in [-0.25, -0.2) is 0 Å². The first-order chi connectivity index (χ1) is 40.0. The average molecular weight is 1240 g/mol. The number of aromatic nitrogens is 3. The third-order valence-corrected chi connectivity index (χ3v) is 15.0. The number of halogens is 6. The summed E-state index contributed by atoms with van der Waals surface area (Å²) in [6.07, 6.45) is -13.5. The minimum atomic E-state index is -5.34. The molecule has 11 rings (SSSR count). The Hall–Kier alpha value is -6.81. The first kappa shape index (κ1) is 46.1. The van der Waals surface area contributed by atoms with Gasteiger partial charge in [0.1, 0.15) is 5.58 Å². The molecule has 7 aromatic carbocycles. The number of furan rings is 1. The number of nitrogens with zero attached hydrogens (tertiary/aromatic N) is 3. The van der Waals surface area contributed by atoms with Gasteiger partial charge in [0.15, 0.2) is 5.41 Å². The first-order valence-electron chi connectivity index (χ1n) is 29.9. The van der Waals surface area contributed by atoms with Crippen LogP contribution in [0, 0.1) is 31.3 Å². The molecule has 1 fully saturated rings. The van der Waals surface area contributed by atoms with Crippen LogP contribution in [-0.4, -0.2) is 26.9 Å². The molecule has 3 heterocycles. The molecule has 0 bridgehead atoms. The van der Waals surface area contributed by atoms with E-state index in [0.29, 0.717) is 22.7 Å². The van der Waals surface area contributed by atoms with E-state index in [2.05, 4.69) is 91.8 Å². The van der Waals surface area contributed by atoms with E-state index >= 15 is 0 Å². The van der Waals surface area contributed by atoms with E-state index in [4.69, 9.17) is 20.4 Å². The maximum atomic E-state index is 13.8. The molecular formula is C67H61F6IrN3O-2. The Bertz CT molecular complexity index is 4010. The molecule has 403 valence electrons. The Kier molecular flexibility index (Phi) is 13.3. The van der Waals surface area contributed by atoms with Crippen molar-refractivity contribution in [3.63, 3.8) is 0 Å². The van der Waals surface area contributed by atoms with Crippen LogP contribution in [0.15, 0.2) is 156 Å². The molecule has 0 unspecified atom stereocenters. The van der Waals surface area contributed by atoms with Gasteiger partial charge in [-0.05, 0) is 143 Å². The van der Waals surface area contributed by atoms with Crippen LogP contribution in [0.1, 0.15) is 129 Å². The Morgan fingerprint density at radius 3 is 2.03 bits per heavy atom. The number of imidazole rings is 1. The quantitative estimate of drug-likeness (QED) is 0.101. The van der Waals surface area contributed by atoms with E-state index < -0.39 is 50.7 Å². The smallest absolute Gasteiger partial charge is 0.403 e. The number of para-hydroxylation sites is 2. The molecule has 0 N–H and O–H groups in total. The summed E-state index contributed by atoms with van der Waals surface area (Å²) in [5.41, 5.74) is 9.29. The van der Waals surface area contributed by atoms with Gasteiger partial charge in [0.2, 0.25) is 0 Å². The van der Waals surface area contributed by atoms with Gasteiger partial charge in [-0.3, -0.25) is 4.98 Å². The predicted molar refractivity (Wildman–Crippen MR) is 299 cm³/mol. The van der Waals surface area contributed by atoms with Crippen LogP contribution in [0.4, 0.5) is 26.3 Å². The van der Waals surface area contributed by atoms with Gasteiger partial charge in [0.05, 0.1) is 22.4 Å². The fourth-order valence-electron chi connectivity index (χ4n) is 10.8. The Morgan fingerprint density at radius 1 is 0.731 bits per heavy atom. The van der Waals surface area contributed by atoms with Gasteiger partial charge < -0.3 is 14.0 Å². The van der Waals surface area contributed by atoms with E-state index in [-0.39, 0.29) is 73.8 Å². The van der Waals surface area contributed by atoms with Crippen molar-refractivity contribution in [2.75, 3.05) is 0 Å². The molecule has 4 nitrogen and oxygen atoms in total. The van der Waals surface area contributed by atoms with Crippen molar-refractivity contribution in [3.05, 3.63) is 197 Å². The van der Waals surface area contributed by atoms with Gasteiger partial charge in [-0.2, -0.15) is 26.3 Å². The van der Waals surface area contributed by atoms with Gasteiger partial charge >= 0.3 is 12.4 Å². The minimum absolute atomic E-state index is 0. The normalized spacial score (nSPS) is 16.1. The number of alkyl halides is 6. The first-order valence-corrected chi connectivity index (χ1v) is 25.9. The third kappa shape index (κ3) is 10.7. The molecule has 0 spiro atoms. The van der Waals surface area contributed by atoms with Crippen LogP contribution in [-0.2, 0) is 26.5 Å². The summed E-state index contributed by atoms with van der Waals surface area (Å²) in [5.74, 6) is 0.483. The maximum absolute atomic E-state index is 13.8. The van der Waals surface area contributed by atoms with E-state index in [9.17, 15) is 26.3 Å². The van der Waals surface area contributed by atoms with Crippen LogP contribution in [0.5, 0.6) is 0 Å². The van der Waals surface area contributed by atoms with Gasteiger partial charge in [-0.1, -0.05) is 143 Å². The molecule has 0 amide bonds. The summed E-state index contributed by atoms with van der Waals surface area (Å²) >= 11 is 0. The molecule has 10 aromatic rings. The van der Waals surface area contributed by atoms with Crippen LogP contribution in [0.3, 0.4) is 0 Å². The van der Waals surface area contributed by atoms with E-state index in [1.165, 1.54) is 24.3 Å². The summed E-state index contributed by atoms with van der Waals surface area (Å²) in [5, 5.41) is 1.97. The van der Waals surface area contributed by atoms with Crippen molar-refractivity contribution in [3.8, 4) is 50.6 Å². The zero-order valence-electron chi connectivity index (χ0n) is 51.6. The Labute approximate surface area is 477 Å².